The van der Waals surface area contributed by atoms with E-state index in [-0.39, 0.29) is 5.92 Å². The third kappa shape index (κ3) is 4.63. The fourth-order valence-electron chi connectivity index (χ4n) is 5.44. The Balaban J connectivity index is 1.19. The van der Waals surface area contributed by atoms with Crippen LogP contribution in [-0.4, -0.2) is 51.9 Å². The standard InChI is InChI=1S/C28H35N5O/c1-19(2)24-4-5-26-25(18-24)20(3)30-28(31-26)33-16-10-23(11-17-33)27(34)32-14-8-22(9-15-32)21-6-12-29-13-7-21/h4-7,12-13,18-19,22-23H,8-11,14-17H2,1-3H3. The molecule has 2 aliphatic rings. The van der Waals surface area contributed by atoms with Gasteiger partial charge in [0.2, 0.25) is 11.9 Å². The predicted molar refractivity (Wildman–Crippen MR) is 136 cm³/mol. The summed E-state index contributed by atoms with van der Waals surface area (Å²) in [6, 6.07) is 10.7. The van der Waals surface area contributed by atoms with Crippen molar-refractivity contribution in [3.8, 4) is 0 Å². The van der Waals surface area contributed by atoms with Gasteiger partial charge in [-0.3, -0.25) is 9.78 Å². The Morgan fingerprint density at radius 3 is 2.32 bits per heavy atom. The van der Waals surface area contributed by atoms with Gasteiger partial charge < -0.3 is 9.80 Å². The van der Waals surface area contributed by atoms with E-state index < -0.39 is 0 Å². The summed E-state index contributed by atoms with van der Waals surface area (Å²) in [6.45, 7) is 9.87. The van der Waals surface area contributed by atoms with Crippen molar-refractivity contribution < 1.29 is 4.79 Å². The average Bonchev–Trinajstić information content (AvgIpc) is 2.88. The molecule has 34 heavy (non-hydrogen) atoms. The molecule has 0 radical (unpaired) electrons. The van der Waals surface area contributed by atoms with Crippen molar-refractivity contribution in [2.24, 2.45) is 5.92 Å². The van der Waals surface area contributed by atoms with Crippen molar-refractivity contribution in [2.45, 2.75) is 58.3 Å². The van der Waals surface area contributed by atoms with E-state index in [4.69, 9.17) is 9.97 Å². The maximum atomic E-state index is 13.2. The molecule has 0 N–H and O–H groups in total. The van der Waals surface area contributed by atoms with Gasteiger partial charge in [-0.2, -0.15) is 0 Å². The zero-order chi connectivity index (χ0) is 23.7. The molecular formula is C28H35N5O. The number of pyridine rings is 1. The number of aryl methyl sites for hydroxylation is 1. The number of hydrogen-bond acceptors (Lipinski definition) is 5. The largest absolute Gasteiger partial charge is 0.342 e. The first-order valence-electron chi connectivity index (χ1n) is 12.7. The van der Waals surface area contributed by atoms with Gasteiger partial charge in [0.15, 0.2) is 0 Å². The zero-order valence-corrected chi connectivity index (χ0v) is 20.6. The number of rotatable bonds is 4. The third-order valence-corrected chi connectivity index (χ3v) is 7.68. The summed E-state index contributed by atoms with van der Waals surface area (Å²) in [5.74, 6) is 2.28. The number of likely N-dealkylation sites (tertiary alicyclic amines) is 1. The molecule has 1 aromatic carbocycles. The van der Waals surface area contributed by atoms with Crippen molar-refractivity contribution in [1.29, 1.82) is 0 Å². The first kappa shape index (κ1) is 22.8. The maximum absolute atomic E-state index is 13.2. The summed E-state index contributed by atoms with van der Waals surface area (Å²) in [4.78, 5) is 31.4. The lowest BCUT2D eigenvalue weighted by Gasteiger charge is -2.37. The summed E-state index contributed by atoms with van der Waals surface area (Å²) >= 11 is 0. The second kappa shape index (κ2) is 9.69. The Labute approximate surface area is 202 Å². The number of aromatic nitrogens is 3. The molecule has 3 aromatic rings. The fourth-order valence-corrected chi connectivity index (χ4v) is 5.44. The van der Waals surface area contributed by atoms with Crippen LogP contribution < -0.4 is 4.90 Å². The van der Waals surface area contributed by atoms with E-state index in [2.05, 4.69) is 65.9 Å². The normalized spacial score (nSPS) is 18.1. The first-order chi connectivity index (χ1) is 16.5. The van der Waals surface area contributed by atoms with Crippen LogP contribution in [0.2, 0.25) is 0 Å². The summed E-state index contributed by atoms with van der Waals surface area (Å²) in [5, 5.41) is 1.13. The maximum Gasteiger partial charge on any atom is 0.226 e. The number of benzene rings is 1. The molecule has 0 saturated carbocycles. The minimum Gasteiger partial charge on any atom is -0.342 e. The van der Waals surface area contributed by atoms with E-state index in [9.17, 15) is 4.79 Å². The molecule has 178 valence electrons. The molecule has 2 saturated heterocycles. The van der Waals surface area contributed by atoms with Gasteiger partial charge in [0.25, 0.3) is 0 Å². The molecule has 2 aliphatic heterocycles. The van der Waals surface area contributed by atoms with Crippen molar-refractivity contribution in [1.82, 2.24) is 19.9 Å². The smallest absolute Gasteiger partial charge is 0.226 e. The Morgan fingerprint density at radius 2 is 1.65 bits per heavy atom. The number of carbonyl (C=O) groups is 1. The van der Waals surface area contributed by atoms with E-state index in [1.807, 2.05) is 12.4 Å². The second-order valence-corrected chi connectivity index (χ2v) is 10.2. The molecule has 0 unspecified atom stereocenters. The van der Waals surface area contributed by atoms with Gasteiger partial charge in [0.05, 0.1) is 11.2 Å². The predicted octanol–water partition coefficient (Wildman–Crippen LogP) is 5.08. The van der Waals surface area contributed by atoms with Crippen molar-refractivity contribution in [3.63, 3.8) is 0 Å². The summed E-state index contributed by atoms with van der Waals surface area (Å²) in [5.41, 5.74) is 4.69. The van der Waals surface area contributed by atoms with Crippen LogP contribution in [0.25, 0.3) is 10.9 Å². The van der Waals surface area contributed by atoms with E-state index in [1.54, 1.807) is 0 Å². The molecule has 5 rings (SSSR count). The Bertz CT molecular complexity index is 1150. The number of hydrogen-bond donors (Lipinski definition) is 0. The average molecular weight is 458 g/mol. The molecule has 6 heteroatoms. The van der Waals surface area contributed by atoms with Crippen molar-refractivity contribution in [3.05, 3.63) is 59.5 Å². The van der Waals surface area contributed by atoms with E-state index in [0.29, 0.717) is 17.7 Å². The van der Waals surface area contributed by atoms with Gasteiger partial charge in [-0.25, -0.2) is 9.97 Å². The topological polar surface area (TPSA) is 62.2 Å². The molecule has 0 aliphatic carbocycles. The lowest BCUT2D eigenvalue weighted by Crippen LogP contribution is -2.45. The number of piperidine rings is 2. The number of nitrogens with zero attached hydrogens (tertiary/aromatic N) is 5. The molecule has 2 fully saturated rings. The van der Waals surface area contributed by atoms with Gasteiger partial charge in [-0.1, -0.05) is 19.9 Å². The minimum absolute atomic E-state index is 0.115. The lowest BCUT2D eigenvalue weighted by atomic mass is 9.88. The van der Waals surface area contributed by atoms with Gasteiger partial charge in [0.1, 0.15) is 0 Å². The molecule has 6 nitrogen and oxygen atoms in total. The third-order valence-electron chi connectivity index (χ3n) is 7.68. The number of anilines is 1. The van der Waals surface area contributed by atoms with Crippen molar-refractivity contribution in [2.75, 3.05) is 31.1 Å². The highest BCUT2D eigenvalue weighted by Crippen LogP contribution is 2.31. The monoisotopic (exact) mass is 457 g/mol. The minimum atomic E-state index is 0.115. The molecule has 1 amide bonds. The van der Waals surface area contributed by atoms with Crippen LogP contribution in [0.4, 0.5) is 5.95 Å². The molecule has 0 bridgehead atoms. The Hall–Kier alpha value is -3.02. The van der Waals surface area contributed by atoms with Crippen LogP contribution in [0.1, 0.15) is 68.2 Å². The summed E-state index contributed by atoms with van der Waals surface area (Å²) in [7, 11) is 0. The quantitative estimate of drug-likeness (QED) is 0.547. The highest BCUT2D eigenvalue weighted by atomic mass is 16.2. The second-order valence-electron chi connectivity index (χ2n) is 10.2. The number of carbonyl (C=O) groups excluding carboxylic acids is 1. The summed E-state index contributed by atoms with van der Waals surface area (Å²) < 4.78 is 0. The van der Waals surface area contributed by atoms with Gasteiger partial charge in [0, 0.05) is 49.9 Å². The van der Waals surface area contributed by atoms with E-state index in [0.717, 1.165) is 74.4 Å². The van der Waals surface area contributed by atoms with E-state index in [1.165, 1.54) is 11.1 Å². The SMILES string of the molecule is Cc1nc(N2CCC(C(=O)N3CCC(c4ccncc4)CC3)CC2)nc2ccc(C(C)C)cc12. The van der Waals surface area contributed by atoms with E-state index >= 15 is 0 Å². The van der Waals surface area contributed by atoms with Crippen LogP contribution in [0.15, 0.2) is 42.7 Å². The Kier molecular flexibility index (Phi) is 6.48. The van der Waals surface area contributed by atoms with Gasteiger partial charge in [-0.15, -0.1) is 0 Å². The fraction of sp³-hybridized carbons (Fsp3) is 0.500. The highest BCUT2D eigenvalue weighted by Gasteiger charge is 2.32. The molecular weight excluding hydrogens is 422 g/mol. The molecule has 4 heterocycles. The lowest BCUT2D eigenvalue weighted by molar-refractivity contribution is -0.137. The number of amides is 1. The van der Waals surface area contributed by atoms with Gasteiger partial charge >= 0.3 is 0 Å². The first-order valence-corrected chi connectivity index (χ1v) is 12.7. The van der Waals surface area contributed by atoms with Crippen LogP contribution in [0.5, 0.6) is 0 Å². The molecule has 0 atom stereocenters. The molecule has 2 aromatic heterocycles. The van der Waals surface area contributed by atoms with Crippen LogP contribution in [-0.2, 0) is 4.79 Å². The summed E-state index contributed by atoms with van der Waals surface area (Å²) in [6.07, 6.45) is 7.55. The highest BCUT2D eigenvalue weighted by molar-refractivity contribution is 5.83. The Morgan fingerprint density at radius 1 is 0.941 bits per heavy atom. The van der Waals surface area contributed by atoms with Crippen LogP contribution in [0.3, 0.4) is 0 Å². The van der Waals surface area contributed by atoms with Crippen molar-refractivity contribution >= 4 is 22.8 Å². The molecule has 0 spiro atoms. The number of fused-ring (bicyclic) bond motifs is 1. The van der Waals surface area contributed by atoms with Gasteiger partial charge in [-0.05, 0) is 79.8 Å². The van der Waals surface area contributed by atoms with Crippen LogP contribution in [0, 0.1) is 12.8 Å². The zero-order valence-electron chi connectivity index (χ0n) is 20.6. The van der Waals surface area contributed by atoms with Crippen LogP contribution >= 0.6 is 0 Å².